The third kappa shape index (κ3) is 34.6. The van der Waals surface area contributed by atoms with Gasteiger partial charge in [0, 0.05) is 24.3 Å². The number of nitrogens with one attached hydrogen (secondary N) is 2. The van der Waals surface area contributed by atoms with Gasteiger partial charge in [-0.2, -0.15) is 0 Å². The first-order valence-corrected chi connectivity index (χ1v) is 22.7. The topological polar surface area (TPSA) is 133 Å². The summed E-state index contributed by atoms with van der Waals surface area (Å²) in [4.78, 5) is 48.1. The quantitative estimate of drug-likeness (QED) is 0.0279. The minimum atomic E-state index is -1.12. The molecule has 0 unspecified atom stereocenters. The number of hydrogen-bond acceptors (Lipinski definition) is 6. The summed E-state index contributed by atoms with van der Waals surface area (Å²) in [5, 5.41) is 24.3. The zero-order valence-corrected chi connectivity index (χ0v) is 34.1. The summed E-state index contributed by atoms with van der Waals surface area (Å²) >= 11 is 0. The zero-order valence-electron chi connectivity index (χ0n) is 32.5. The Balaban J connectivity index is 4.00. The van der Waals surface area contributed by atoms with Gasteiger partial charge in [-0.05, 0) is 77.0 Å². The monoisotopic (exact) mass is 764 g/mol. The standard InChI is InChI=1S/C42H72N2O6S2/c1-3-5-7-9-11-13-15-17-19-21-23-25-27-29-31-33-39(45)43-37(41(47)48)35-51-52-36-38(42(49)50)44-40(46)34-32-30-28-26-24-22-20-18-16-14-12-10-8-6-4-2/h11-14,17-20,37-38H,3-10,15-16,21-36H2,1-2H3,(H,43,45)(H,44,46)(H,47,48)(H,49,50)/b13-11-,14-12-,19-17-,20-18-/t37-,38-/m0/s1. The molecule has 0 spiro atoms. The van der Waals surface area contributed by atoms with Crippen molar-refractivity contribution >= 4 is 45.3 Å². The largest absolute Gasteiger partial charge is 0.480 e. The Morgan fingerprint density at radius 3 is 1.10 bits per heavy atom. The van der Waals surface area contributed by atoms with Gasteiger partial charge in [-0.25, -0.2) is 9.59 Å². The van der Waals surface area contributed by atoms with Crippen LogP contribution in [0.15, 0.2) is 48.6 Å². The number of carboxylic acids is 2. The molecule has 0 aliphatic carbocycles. The van der Waals surface area contributed by atoms with Gasteiger partial charge in [-0.1, -0.05) is 148 Å². The molecule has 0 bridgehead atoms. The fourth-order valence-corrected chi connectivity index (χ4v) is 7.62. The first-order valence-electron chi connectivity index (χ1n) is 20.2. The van der Waals surface area contributed by atoms with Crippen LogP contribution in [0.5, 0.6) is 0 Å². The molecule has 0 aromatic carbocycles. The number of hydrogen-bond donors (Lipinski definition) is 4. The molecule has 0 aromatic rings. The lowest BCUT2D eigenvalue weighted by molar-refractivity contribution is -0.141. The summed E-state index contributed by atoms with van der Waals surface area (Å²) in [7, 11) is 2.36. The third-order valence-corrected chi connectivity index (χ3v) is 11.0. The SMILES string of the molecule is CCCCC/C=C\C/C=C\CCCCCCCC(=O)N[C@@H](CSSC[C@H](NC(=O)CCCCCCC/C=C\C/C=C\CCCCC)C(=O)O)C(=O)O. The van der Waals surface area contributed by atoms with Crippen molar-refractivity contribution in [3.63, 3.8) is 0 Å². The van der Waals surface area contributed by atoms with Crippen LogP contribution in [-0.4, -0.2) is 57.6 Å². The fraction of sp³-hybridized carbons (Fsp3) is 0.714. The summed E-state index contributed by atoms with van der Waals surface area (Å²) in [6.07, 6.45) is 42.5. The third-order valence-electron chi connectivity index (χ3n) is 8.53. The number of allylic oxidation sites excluding steroid dienone is 8. The van der Waals surface area contributed by atoms with Crippen LogP contribution in [0.4, 0.5) is 0 Å². The van der Waals surface area contributed by atoms with Crippen LogP contribution in [0.3, 0.4) is 0 Å². The van der Waals surface area contributed by atoms with E-state index >= 15 is 0 Å². The van der Waals surface area contributed by atoms with Crippen LogP contribution >= 0.6 is 21.6 Å². The maximum atomic E-state index is 12.4. The molecule has 2 amide bonds. The van der Waals surface area contributed by atoms with Gasteiger partial charge in [0.2, 0.25) is 11.8 Å². The van der Waals surface area contributed by atoms with Gasteiger partial charge in [0.15, 0.2) is 0 Å². The van der Waals surface area contributed by atoms with Gasteiger partial charge in [0.05, 0.1) is 0 Å². The van der Waals surface area contributed by atoms with Gasteiger partial charge in [0.1, 0.15) is 12.1 Å². The molecule has 10 heteroatoms. The second-order valence-corrected chi connectivity index (χ2v) is 16.0. The second kappa shape index (κ2) is 38.3. The summed E-state index contributed by atoms with van der Waals surface area (Å²) in [6, 6.07) is -2.11. The Morgan fingerprint density at radius 2 is 0.769 bits per heavy atom. The molecule has 4 N–H and O–H groups in total. The van der Waals surface area contributed by atoms with Crippen molar-refractivity contribution in [2.75, 3.05) is 11.5 Å². The zero-order chi connectivity index (χ0) is 38.3. The Hall–Kier alpha value is -2.46. The number of carbonyl (C=O) groups excluding carboxylic acids is 2. The van der Waals surface area contributed by atoms with Gasteiger partial charge in [-0.15, -0.1) is 0 Å². The number of carboxylic acid groups (broad SMARTS) is 2. The van der Waals surface area contributed by atoms with Gasteiger partial charge >= 0.3 is 11.9 Å². The maximum Gasteiger partial charge on any atom is 0.327 e. The van der Waals surface area contributed by atoms with Crippen molar-refractivity contribution < 1.29 is 29.4 Å². The van der Waals surface area contributed by atoms with E-state index in [4.69, 9.17) is 0 Å². The number of aliphatic carboxylic acids is 2. The average molecular weight is 765 g/mol. The lowest BCUT2D eigenvalue weighted by atomic mass is 10.1. The van der Waals surface area contributed by atoms with E-state index in [1.165, 1.54) is 73.0 Å². The second-order valence-electron chi connectivity index (χ2n) is 13.4. The van der Waals surface area contributed by atoms with Crippen molar-refractivity contribution in [2.24, 2.45) is 0 Å². The van der Waals surface area contributed by atoms with E-state index in [9.17, 15) is 29.4 Å². The normalized spacial score (nSPS) is 13.0. The predicted molar refractivity (Wildman–Crippen MR) is 223 cm³/mol. The van der Waals surface area contributed by atoms with Crippen molar-refractivity contribution in [2.45, 2.75) is 180 Å². The Morgan fingerprint density at radius 1 is 0.462 bits per heavy atom. The van der Waals surface area contributed by atoms with E-state index in [0.29, 0.717) is 12.8 Å². The molecule has 0 heterocycles. The van der Waals surface area contributed by atoms with Crippen LogP contribution in [-0.2, 0) is 19.2 Å². The molecular weight excluding hydrogens is 693 g/mol. The molecule has 8 nitrogen and oxygen atoms in total. The van der Waals surface area contributed by atoms with Crippen molar-refractivity contribution in [1.29, 1.82) is 0 Å². The van der Waals surface area contributed by atoms with Gasteiger partial charge in [-0.3, -0.25) is 9.59 Å². The average Bonchev–Trinajstić information content (AvgIpc) is 3.12. The Bertz CT molecular complexity index is 950. The first-order chi connectivity index (χ1) is 25.3. The van der Waals surface area contributed by atoms with Crippen LogP contribution < -0.4 is 10.6 Å². The molecular formula is C42H72N2O6S2. The molecule has 298 valence electrons. The minimum absolute atomic E-state index is 0.0974. The lowest BCUT2D eigenvalue weighted by Gasteiger charge is -2.16. The fourth-order valence-electron chi connectivity index (χ4n) is 5.31. The number of unbranched alkanes of at least 4 members (excludes halogenated alkanes) is 16. The van der Waals surface area contributed by atoms with Crippen molar-refractivity contribution in [3.05, 3.63) is 48.6 Å². The predicted octanol–water partition coefficient (Wildman–Crippen LogP) is 11.1. The van der Waals surface area contributed by atoms with Crippen molar-refractivity contribution in [1.82, 2.24) is 10.6 Å². The summed E-state index contributed by atoms with van der Waals surface area (Å²) < 4.78 is 0. The molecule has 0 aromatic heterocycles. The molecule has 2 atom stereocenters. The highest BCUT2D eigenvalue weighted by molar-refractivity contribution is 8.76. The van der Waals surface area contributed by atoms with E-state index in [0.717, 1.165) is 77.0 Å². The molecule has 0 aliphatic heterocycles. The summed E-state index contributed by atoms with van der Waals surface area (Å²) in [5.74, 6) is -2.62. The molecule has 0 rings (SSSR count). The highest BCUT2D eigenvalue weighted by atomic mass is 33.1. The number of amides is 2. The Labute approximate surface area is 324 Å². The van der Waals surface area contributed by atoms with E-state index < -0.39 is 24.0 Å². The lowest BCUT2D eigenvalue weighted by Crippen LogP contribution is -2.43. The number of rotatable bonds is 37. The van der Waals surface area contributed by atoms with Crippen LogP contribution in [0.2, 0.25) is 0 Å². The van der Waals surface area contributed by atoms with E-state index in [1.807, 2.05) is 0 Å². The number of carbonyl (C=O) groups is 4. The van der Waals surface area contributed by atoms with Crippen LogP contribution in [0.25, 0.3) is 0 Å². The Kier molecular flexibility index (Phi) is 36.5. The van der Waals surface area contributed by atoms with Crippen molar-refractivity contribution in [3.8, 4) is 0 Å². The molecule has 52 heavy (non-hydrogen) atoms. The minimum Gasteiger partial charge on any atom is -0.480 e. The van der Waals surface area contributed by atoms with Gasteiger partial charge < -0.3 is 20.8 Å². The van der Waals surface area contributed by atoms with E-state index in [-0.39, 0.29) is 36.2 Å². The maximum absolute atomic E-state index is 12.4. The molecule has 0 saturated heterocycles. The smallest absolute Gasteiger partial charge is 0.327 e. The van der Waals surface area contributed by atoms with E-state index in [2.05, 4.69) is 73.1 Å². The first kappa shape index (κ1) is 49.5. The molecule has 0 aliphatic rings. The summed E-state index contributed by atoms with van der Waals surface area (Å²) in [5.41, 5.74) is 0. The van der Waals surface area contributed by atoms with Gasteiger partial charge in [0.25, 0.3) is 0 Å². The highest BCUT2D eigenvalue weighted by Crippen LogP contribution is 2.23. The highest BCUT2D eigenvalue weighted by Gasteiger charge is 2.23. The molecule has 0 fully saturated rings. The summed E-state index contributed by atoms with van der Waals surface area (Å²) in [6.45, 7) is 4.44. The van der Waals surface area contributed by atoms with E-state index in [1.54, 1.807) is 0 Å². The molecule has 0 saturated carbocycles. The molecule has 0 radical (unpaired) electrons. The van der Waals surface area contributed by atoms with Crippen LogP contribution in [0, 0.1) is 0 Å². The van der Waals surface area contributed by atoms with Crippen LogP contribution in [0.1, 0.15) is 168 Å².